The van der Waals surface area contributed by atoms with Gasteiger partial charge in [0.2, 0.25) is 0 Å². The van der Waals surface area contributed by atoms with Crippen LogP contribution in [0.3, 0.4) is 0 Å². The third-order valence-corrected chi connectivity index (χ3v) is 23.4. The summed E-state index contributed by atoms with van der Waals surface area (Å²) >= 11 is 0. The van der Waals surface area contributed by atoms with Crippen LogP contribution in [0.25, 0.3) is 0 Å². The Morgan fingerprint density at radius 1 is 0.245 bits per heavy atom. The van der Waals surface area contributed by atoms with Gasteiger partial charge in [-0.05, 0) is 37.5 Å². The van der Waals surface area contributed by atoms with Crippen LogP contribution in [0.5, 0.6) is 0 Å². The summed E-state index contributed by atoms with van der Waals surface area (Å²) in [7, 11) is -9.93. The summed E-state index contributed by atoms with van der Waals surface area (Å²) in [5, 5.41) is 10.7. The first-order chi connectivity index (χ1) is 53.4. The zero-order valence-electron chi connectivity index (χ0n) is 72.6. The van der Waals surface area contributed by atoms with E-state index in [0.717, 1.165) is 102 Å². The first-order valence-electron chi connectivity index (χ1n) is 47.0. The fraction of sp³-hybridized carbons (Fsp3) is 0.956. The molecule has 0 aromatic rings. The Bertz CT molecular complexity index is 2100. The molecule has 0 spiro atoms. The summed E-state index contributed by atoms with van der Waals surface area (Å²) in [5.74, 6) is -0.473. The van der Waals surface area contributed by atoms with E-state index in [2.05, 4.69) is 41.5 Å². The molecule has 110 heavy (non-hydrogen) atoms. The highest BCUT2D eigenvalue weighted by molar-refractivity contribution is 7.47. The third kappa shape index (κ3) is 84.0. The molecule has 2 unspecified atom stereocenters. The van der Waals surface area contributed by atoms with Crippen LogP contribution in [0, 0.1) is 11.8 Å². The van der Waals surface area contributed by atoms with E-state index in [9.17, 15) is 43.2 Å². The molecule has 0 aliphatic rings. The first kappa shape index (κ1) is 108. The molecule has 0 saturated carbocycles. The van der Waals surface area contributed by atoms with Crippen LogP contribution in [-0.4, -0.2) is 96.7 Å². The van der Waals surface area contributed by atoms with Gasteiger partial charge in [-0.2, -0.15) is 0 Å². The van der Waals surface area contributed by atoms with Crippen molar-refractivity contribution in [3.05, 3.63) is 0 Å². The van der Waals surface area contributed by atoms with Crippen molar-refractivity contribution in [3.63, 3.8) is 0 Å². The zero-order valence-corrected chi connectivity index (χ0v) is 74.4. The van der Waals surface area contributed by atoms with Gasteiger partial charge in [0.15, 0.2) is 12.2 Å². The fourth-order valence-electron chi connectivity index (χ4n) is 14.3. The average Bonchev–Trinajstić information content (AvgIpc) is 0.896. The Hall–Kier alpha value is -1.94. The maximum absolute atomic E-state index is 13.2. The Kier molecular flexibility index (Phi) is 80.7. The van der Waals surface area contributed by atoms with E-state index < -0.39 is 97.5 Å². The van der Waals surface area contributed by atoms with Crippen LogP contribution < -0.4 is 0 Å². The number of phosphoric ester groups is 2. The summed E-state index contributed by atoms with van der Waals surface area (Å²) in [6.45, 7) is 9.75. The second-order valence-electron chi connectivity index (χ2n) is 33.6. The molecule has 0 radical (unpaired) electrons. The second kappa shape index (κ2) is 82.2. The molecule has 0 aliphatic heterocycles. The van der Waals surface area contributed by atoms with Crippen molar-refractivity contribution in [2.45, 2.75) is 509 Å². The number of ether oxygens (including phenoxy) is 4. The predicted octanol–water partition coefficient (Wildman–Crippen LogP) is 28.2. The van der Waals surface area contributed by atoms with Gasteiger partial charge in [0, 0.05) is 25.7 Å². The van der Waals surface area contributed by atoms with Crippen molar-refractivity contribution >= 4 is 39.5 Å². The number of rotatable bonds is 90. The van der Waals surface area contributed by atoms with E-state index in [4.69, 9.17) is 37.0 Å². The Morgan fingerprint density at radius 3 is 0.618 bits per heavy atom. The Labute approximate surface area is 677 Å². The van der Waals surface area contributed by atoms with Crippen LogP contribution in [-0.2, 0) is 65.4 Å². The highest BCUT2D eigenvalue weighted by atomic mass is 31.2. The monoisotopic (exact) mass is 1610 g/mol. The number of carbonyl (C=O) groups is 4. The molecule has 0 aromatic heterocycles. The van der Waals surface area contributed by atoms with Crippen molar-refractivity contribution < 1.29 is 80.2 Å². The van der Waals surface area contributed by atoms with Gasteiger partial charge >= 0.3 is 39.5 Å². The van der Waals surface area contributed by atoms with Crippen molar-refractivity contribution in [3.8, 4) is 0 Å². The second-order valence-corrected chi connectivity index (χ2v) is 36.6. The molecule has 17 nitrogen and oxygen atoms in total. The van der Waals surface area contributed by atoms with Crippen LogP contribution in [0.1, 0.15) is 491 Å². The van der Waals surface area contributed by atoms with E-state index in [1.807, 2.05) is 0 Å². The lowest BCUT2D eigenvalue weighted by atomic mass is 10.0. The van der Waals surface area contributed by atoms with Gasteiger partial charge in [0.25, 0.3) is 0 Å². The van der Waals surface area contributed by atoms with Crippen LogP contribution in [0.15, 0.2) is 0 Å². The molecule has 0 rings (SSSR count). The molecule has 0 bridgehead atoms. The van der Waals surface area contributed by atoms with Gasteiger partial charge in [0.05, 0.1) is 26.4 Å². The number of aliphatic hydroxyl groups is 1. The van der Waals surface area contributed by atoms with Gasteiger partial charge in [-0.15, -0.1) is 0 Å². The minimum atomic E-state index is -4.97. The number of hydrogen-bond donors (Lipinski definition) is 3. The first-order valence-corrected chi connectivity index (χ1v) is 50.0. The summed E-state index contributed by atoms with van der Waals surface area (Å²) in [4.78, 5) is 73.4. The molecule has 654 valence electrons. The average molecular weight is 1610 g/mol. The molecular weight excluding hydrogens is 1430 g/mol. The lowest BCUT2D eigenvalue weighted by molar-refractivity contribution is -0.161. The largest absolute Gasteiger partial charge is 0.472 e. The smallest absolute Gasteiger partial charge is 0.462 e. The van der Waals surface area contributed by atoms with E-state index >= 15 is 0 Å². The van der Waals surface area contributed by atoms with Crippen molar-refractivity contribution in [2.24, 2.45) is 11.8 Å². The van der Waals surface area contributed by atoms with Crippen LogP contribution >= 0.6 is 15.6 Å². The van der Waals surface area contributed by atoms with Crippen molar-refractivity contribution in [1.29, 1.82) is 0 Å². The van der Waals surface area contributed by atoms with Crippen molar-refractivity contribution in [2.75, 3.05) is 39.6 Å². The topological polar surface area (TPSA) is 237 Å². The quantitative estimate of drug-likeness (QED) is 0.0222. The van der Waals surface area contributed by atoms with Crippen LogP contribution in [0.2, 0.25) is 0 Å². The van der Waals surface area contributed by atoms with E-state index in [-0.39, 0.29) is 25.7 Å². The van der Waals surface area contributed by atoms with Gasteiger partial charge in [0.1, 0.15) is 19.3 Å². The number of carbonyl (C=O) groups excluding carboxylic acids is 4. The predicted molar refractivity (Wildman–Crippen MR) is 455 cm³/mol. The minimum absolute atomic E-state index is 0.108. The van der Waals surface area contributed by atoms with Gasteiger partial charge in [-0.25, -0.2) is 9.13 Å². The lowest BCUT2D eigenvalue weighted by Crippen LogP contribution is -2.30. The number of hydrogen-bond acceptors (Lipinski definition) is 15. The maximum Gasteiger partial charge on any atom is 0.472 e. The maximum atomic E-state index is 13.2. The third-order valence-electron chi connectivity index (χ3n) is 21.5. The molecule has 3 N–H and O–H groups in total. The van der Waals surface area contributed by atoms with Crippen LogP contribution in [0.4, 0.5) is 0 Å². The minimum Gasteiger partial charge on any atom is -0.462 e. The Morgan fingerprint density at radius 2 is 0.418 bits per heavy atom. The number of esters is 4. The summed E-state index contributed by atoms with van der Waals surface area (Å²) in [6, 6.07) is 0. The fourth-order valence-corrected chi connectivity index (χ4v) is 15.9. The zero-order chi connectivity index (χ0) is 80.6. The molecule has 0 saturated heterocycles. The van der Waals surface area contributed by atoms with Gasteiger partial charge < -0.3 is 33.8 Å². The molecule has 5 atom stereocenters. The van der Waals surface area contributed by atoms with Crippen molar-refractivity contribution in [1.82, 2.24) is 0 Å². The molecule has 0 amide bonds. The SMILES string of the molecule is CCCCCCCCCCCCCCCCCCCCCCCC(=O)OC[C@H](COP(=O)(O)OC[C@@H](O)COP(=O)(O)OC[C@@H](COC(=O)CCCCCCCCCCCC)OC(=O)CCCCCCCCCCCCCCCCCC(C)C)OC(=O)CCCCCCCCCCCCCCCCCCCCC(C)C. The molecule has 0 heterocycles. The van der Waals surface area contributed by atoms with Gasteiger partial charge in [-0.1, -0.05) is 440 Å². The molecule has 0 aromatic carbocycles. The number of aliphatic hydroxyl groups excluding tert-OH is 1. The molecular formula is C91H178O17P2. The highest BCUT2D eigenvalue weighted by Crippen LogP contribution is 2.45. The number of unbranched alkanes of at least 4 members (excludes halogenated alkanes) is 60. The van der Waals surface area contributed by atoms with Gasteiger partial charge in [-0.3, -0.25) is 37.3 Å². The van der Waals surface area contributed by atoms with E-state index in [1.54, 1.807) is 0 Å². The summed E-state index contributed by atoms with van der Waals surface area (Å²) in [5.41, 5.74) is 0. The summed E-state index contributed by atoms with van der Waals surface area (Å²) < 4.78 is 69.0. The normalized spacial score (nSPS) is 13.7. The lowest BCUT2D eigenvalue weighted by Gasteiger charge is -2.21. The highest BCUT2D eigenvalue weighted by Gasteiger charge is 2.31. The number of phosphoric acid groups is 2. The van der Waals surface area contributed by atoms with E-state index in [1.165, 1.54) is 308 Å². The summed E-state index contributed by atoms with van der Waals surface area (Å²) in [6.07, 6.45) is 76.5. The molecule has 0 aliphatic carbocycles. The standard InChI is InChI=1S/C91H178O17P2/c1-7-9-11-13-15-17-19-20-21-22-23-24-25-29-34-39-44-50-56-62-68-74-89(94)102-80-87(108-91(96)75-69-63-57-51-45-40-35-30-27-26-28-32-37-42-47-53-59-65-71-83(3)4)82-106-110(99,100)104-78-85(92)77-103-109(97,98)105-81-86(79-101-88(93)73-67-61-55-49-18-16-14-12-10-8-2)107-90(95)76-70-64-58-52-46-41-36-31-33-38-43-48-54-60-66-72-84(5)6/h83-87,92H,7-82H2,1-6H3,(H,97,98)(H,99,100)/t85-,86+,87+/m0/s1. The Balaban J connectivity index is 5.21. The van der Waals surface area contributed by atoms with E-state index in [0.29, 0.717) is 25.7 Å². The molecule has 0 fully saturated rings. The molecule has 19 heteroatoms.